The smallest absolute Gasteiger partial charge is 0.328 e. The van der Waals surface area contributed by atoms with Crippen molar-refractivity contribution in [3.05, 3.63) is 32.6 Å². The molecule has 0 spiro atoms. The summed E-state index contributed by atoms with van der Waals surface area (Å²) >= 11 is 0. The molecule has 0 saturated carbocycles. The van der Waals surface area contributed by atoms with Crippen LogP contribution in [0.4, 0.5) is 0 Å². The summed E-state index contributed by atoms with van der Waals surface area (Å²) in [6.45, 7) is 1.06. The Labute approximate surface area is 90.3 Å². The van der Waals surface area contributed by atoms with Gasteiger partial charge >= 0.3 is 11.7 Å². The van der Waals surface area contributed by atoms with Gasteiger partial charge in [-0.1, -0.05) is 0 Å². The lowest BCUT2D eigenvalue weighted by Gasteiger charge is -2.05. The van der Waals surface area contributed by atoms with Gasteiger partial charge in [-0.05, 0) is 6.92 Å². The first-order chi connectivity index (χ1) is 7.58. The molecule has 16 heavy (non-hydrogen) atoms. The summed E-state index contributed by atoms with van der Waals surface area (Å²) in [5.41, 5.74) is -1.35. The molecule has 0 unspecified atom stereocenters. The summed E-state index contributed by atoms with van der Waals surface area (Å²) in [5.74, 6) is -0.583. The summed E-state index contributed by atoms with van der Waals surface area (Å²) < 4.78 is 5.63. The van der Waals surface area contributed by atoms with Crippen molar-refractivity contribution in [2.45, 2.75) is 20.1 Å². The van der Waals surface area contributed by atoms with E-state index in [9.17, 15) is 14.4 Å². The van der Waals surface area contributed by atoms with Crippen molar-refractivity contribution in [3.8, 4) is 0 Å². The number of ether oxygens (including phenoxy) is 1. The standard InChI is InChI=1S/C9H12N2O5/c1-2-16-7(13)4-11-3-6(5-12)8(14)10-9(11)15/h3,12H,2,4-5H2,1H3,(H,10,14,15). The summed E-state index contributed by atoms with van der Waals surface area (Å²) in [7, 11) is 0. The van der Waals surface area contributed by atoms with Gasteiger partial charge in [0, 0.05) is 6.20 Å². The predicted molar refractivity (Wildman–Crippen MR) is 53.9 cm³/mol. The number of aromatic amines is 1. The maximum absolute atomic E-state index is 11.3. The number of hydrogen-bond acceptors (Lipinski definition) is 5. The monoisotopic (exact) mass is 228 g/mol. The van der Waals surface area contributed by atoms with E-state index in [0.717, 1.165) is 10.8 Å². The third-order valence-corrected chi connectivity index (χ3v) is 1.86. The van der Waals surface area contributed by atoms with Crippen LogP contribution in [0.2, 0.25) is 0 Å². The summed E-state index contributed by atoms with van der Waals surface area (Å²) in [5, 5.41) is 8.82. The topological polar surface area (TPSA) is 101 Å². The first-order valence-electron chi connectivity index (χ1n) is 4.67. The minimum Gasteiger partial charge on any atom is -0.465 e. The van der Waals surface area contributed by atoms with Gasteiger partial charge in [0.05, 0.1) is 18.8 Å². The zero-order valence-electron chi connectivity index (χ0n) is 8.73. The van der Waals surface area contributed by atoms with Crippen LogP contribution in [0.25, 0.3) is 0 Å². The van der Waals surface area contributed by atoms with E-state index in [1.807, 2.05) is 4.98 Å². The van der Waals surface area contributed by atoms with E-state index in [-0.39, 0.29) is 18.7 Å². The highest BCUT2D eigenvalue weighted by Gasteiger charge is 2.08. The Morgan fingerprint density at radius 3 is 2.81 bits per heavy atom. The number of esters is 1. The molecule has 0 aromatic carbocycles. The van der Waals surface area contributed by atoms with Gasteiger partial charge in [-0.25, -0.2) is 4.79 Å². The molecule has 2 N–H and O–H groups in total. The largest absolute Gasteiger partial charge is 0.465 e. The fraction of sp³-hybridized carbons (Fsp3) is 0.444. The highest BCUT2D eigenvalue weighted by molar-refractivity contribution is 5.69. The molecule has 0 amide bonds. The van der Waals surface area contributed by atoms with Crippen molar-refractivity contribution in [1.29, 1.82) is 0 Å². The third kappa shape index (κ3) is 2.80. The fourth-order valence-electron chi connectivity index (χ4n) is 1.13. The number of nitrogens with zero attached hydrogens (tertiary/aromatic N) is 1. The summed E-state index contributed by atoms with van der Waals surface area (Å²) in [6.07, 6.45) is 1.14. The number of H-pyrrole nitrogens is 1. The lowest BCUT2D eigenvalue weighted by Crippen LogP contribution is -2.34. The molecule has 0 aliphatic heterocycles. The highest BCUT2D eigenvalue weighted by atomic mass is 16.5. The van der Waals surface area contributed by atoms with Crippen LogP contribution in [0.1, 0.15) is 12.5 Å². The second-order valence-electron chi connectivity index (χ2n) is 3.00. The molecule has 0 atom stereocenters. The van der Waals surface area contributed by atoms with Crippen LogP contribution < -0.4 is 11.2 Å². The Kier molecular flexibility index (Phi) is 4.01. The van der Waals surface area contributed by atoms with E-state index in [1.54, 1.807) is 6.92 Å². The van der Waals surface area contributed by atoms with Crippen molar-refractivity contribution in [2.24, 2.45) is 0 Å². The number of aromatic nitrogens is 2. The molecule has 0 saturated heterocycles. The summed E-state index contributed by atoms with van der Waals surface area (Å²) in [4.78, 5) is 35.5. The predicted octanol–water partition coefficient (Wildman–Crippen LogP) is -1.41. The number of carbonyl (C=O) groups is 1. The van der Waals surface area contributed by atoms with E-state index < -0.39 is 23.8 Å². The van der Waals surface area contributed by atoms with Gasteiger partial charge < -0.3 is 9.84 Å². The van der Waals surface area contributed by atoms with Crippen LogP contribution in [0, 0.1) is 0 Å². The van der Waals surface area contributed by atoms with Crippen molar-refractivity contribution in [3.63, 3.8) is 0 Å². The van der Waals surface area contributed by atoms with Crippen molar-refractivity contribution in [2.75, 3.05) is 6.61 Å². The SMILES string of the molecule is CCOC(=O)Cn1cc(CO)c(=O)[nH]c1=O. The number of rotatable bonds is 4. The molecular formula is C9H12N2O5. The van der Waals surface area contributed by atoms with Gasteiger partial charge in [-0.3, -0.25) is 19.1 Å². The van der Waals surface area contributed by atoms with Gasteiger partial charge in [0.25, 0.3) is 5.56 Å². The molecule has 1 aromatic heterocycles. The van der Waals surface area contributed by atoms with Gasteiger partial charge in [0.15, 0.2) is 0 Å². The quantitative estimate of drug-likeness (QED) is 0.616. The van der Waals surface area contributed by atoms with Gasteiger partial charge in [-0.15, -0.1) is 0 Å². The number of aliphatic hydroxyl groups is 1. The second kappa shape index (κ2) is 5.26. The number of nitrogens with one attached hydrogen (secondary N) is 1. The number of aliphatic hydroxyl groups excluding tert-OH is 1. The van der Waals surface area contributed by atoms with Gasteiger partial charge in [0.2, 0.25) is 0 Å². The summed E-state index contributed by atoms with van der Waals surface area (Å²) in [6, 6.07) is 0. The Bertz CT molecular complexity index is 487. The van der Waals surface area contributed by atoms with Crippen LogP contribution in [-0.4, -0.2) is 27.2 Å². The first kappa shape index (κ1) is 12.2. The fourth-order valence-corrected chi connectivity index (χ4v) is 1.13. The molecule has 88 valence electrons. The van der Waals surface area contributed by atoms with Crippen LogP contribution in [0.15, 0.2) is 15.8 Å². The van der Waals surface area contributed by atoms with E-state index in [0.29, 0.717) is 0 Å². The van der Waals surface area contributed by atoms with Crippen LogP contribution >= 0.6 is 0 Å². The second-order valence-corrected chi connectivity index (χ2v) is 3.00. The van der Waals surface area contributed by atoms with E-state index in [2.05, 4.69) is 4.74 Å². The molecular weight excluding hydrogens is 216 g/mol. The van der Waals surface area contributed by atoms with Crippen molar-refractivity contribution < 1.29 is 14.6 Å². The number of carbonyl (C=O) groups excluding carboxylic acids is 1. The minimum atomic E-state index is -0.713. The lowest BCUT2D eigenvalue weighted by molar-refractivity contribution is -0.143. The van der Waals surface area contributed by atoms with Crippen LogP contribution in [0.5, 0.6) is 0 Å². The molecule has 0 bridgehead atoms. The molecule has 7 heteroatoms. The Hall–Kier alpha value is -1.89. The lowest BCUT2D eigenvalue weighted by atomic mass is 10.3. The third-order valence-electron chi connectivity index (χ3n) is 1.86. The molecule has 1 heterocycles. The van der Waals surface area contributed by atoms with E-state index in [4.69, 9.17) is 5.11 Å². The average Bonchev–Trinajstić information content (AvgIpc) is 2.22. The van der Waals surface area contributed by atoms with Crippen LogP contribution in [-0.2, 0) is 22.7 Å². The van der Waals surface area contributed by atoms with Crippen molar-refractivity contribution in [1.82, 2.24) is 9.55 Å². The van der Waals surface area contributed by atoms with Crippen molar-refractivity contribution >= 4 is 5.97 Å². The molecule has 0 radical (unpaired) electrons. The molecule has 0 aliphatic rings. The minimum absolute atomic E-state index is 0.0175. The van der Waals surface area contributed by atoms with Crippen LogP contribution in [0.3, 0.4) is 0 Å². The normalized spacial score (nSPS) is 10.1. The Balaban J connectivity index is 3.01. The zero-order chi connectivity index (χ0) is 12.1. The average molecular weight is 228 g/mol. The Morgan fingerprint density at radius 1 is 1.56 bits per heavy atom. The van der Waals surface area contributed by atoms with E-state index >= 15 is 0 Å². The highest BCUT2D eigenvalue weighted by Crippen LogP contribution is 1.89. The molecule has 1 aromatic rings. The molecule has 7 nitrogen and oxygen atoms in total. The molecule has 0 fully saturated rings. The molecule has 0 aliphatic carbocycles. The van der Waals surface area contributed by atoms with Gasteiger partial charge in [0.1, 0.15) is 6.54 Å². The molecule has 1 rings (SSSR count). The maximum Gasteiger partial charge on any atom is 0.328 e. The van der Waals surface area contributed by atoms with Gasteiger partial charge in [-0.2, -0.15) is 0 Å². The maximum atomic E-state index is 11.3. The zero-order valence-corrected chi connectivity index (χ0v) is 8.73. The number of hydrogen-bond donors (Lipinski definition) is 2. The Morgan fingerprint density at radius 2 is 2.25 bits per heavy atom. The van der Waals surface area contributed by atoms with E-state index in [1.165, 1.54) is 0 Å². The first-order valence-corrected chi connectivity index (χ1v) is 4.67.